The Hall–Kier alpha value is -2.88. The average Bonchev–Trinajstić information content (AvgIpc) is 2.85. The zero-order chi connectivity index (χ0) is 27.8. The standard InChI is InChI=1S/C27H38F3N3O4/c1-6-18(26(36)37-7-2)13-20-15-22(33(5)17(3)4)11-12-23(20)32-24(34)16-31-25(35)19-9-8-10-21(14-19)27(28,29)30/h8-10,13-14,17,20,22-23H,6-7,11-12,15-16H2,1-5H3,(H,31,35)(H,32,34)/b18-13+/t20-,22-,23+/m1/s1. The number of hydrogen-bond acceptors (Lipinski definition) is 5. The number of nitrogens with zero attached hydrogens (tertiary/aromatic N) is 1. The summed E-state index contributed by atoms with van der Waals surface area (Å²) in [7, 11) is 2.06. The van der Waals surface area contributed by atoms with Crippen LogP contribution in [0.15, 0.2) is 35.9 Å². The molecule has 0 heterocycles. The molecule has 2 amide bonds. The van der Waals surface area contributed by atoms with Gasteiger partial charge in [0.2, 0.25) is 5.91 Å². The van der Waals surface area contributed by atoms with E-state index in [1.807, 2.05) is 13.0 Å². The number of rotatable bonds is 10. The lowest BCUT2D eigenvalue weighted by Gasteiger charge is -2.41. The van der Waals surface area contributed by atoms with Crippen LogP contribution >= 0.6 is 0 Å². The second-order valence-electron chi connectivity index (χ2n) is 9.59. The third-order valence-electron chi connectivity index (χ3n) is 6.80. The van der Waals surface area contributed by atoms with Crippen molar-refractivity contribution in [2.75, 3.05) is 20.2 Å². The normalized spacial score (nSPS) is 20.6. The van der Waals surface area contributed by atoms with Crippen molar-refractivity contribution < 1.29 is 32.3 Å². The van der Waals surface area contributed by atoms with Crippen LogP contribution in [0.1, 0.15) is 69.3 Å². The first-order chi connectivity index (χ1) is 17.4. The zero-order valence-corrected chi connectivity index (χ0v) is 22.2. The third kappa shape index (κ3) is 8.87. The molecule has 1 aliphatic carbocycles. The summed E-state index contributed by atoms with van der Waals surface area (Å²) in [5.74, 6) is -1.71. The molecule has 0 bridgehead atoms. The lowest BCUT2D eigenvalue weighted by Crippen LogP contribution is -2.50. The molecule has 1 saturated carbocycles. The highest BCUT2D eigenvalue weighted by atomic mass is 19.4. The molecular weight excluding hydrogens is 487 g/mol. The van der Waals surface area contributed by atoms with Crippen molar-refractivity contribution in [2.45, 2.75) is 77.7 Å². The molecule has 2 N–H and O–H groups in total. The van der Waals surface area contributed by atoms with E-state index in [-0.39, 0.29) is 42.7 Å². The Morgan fingerprint density at radius 3 is 2.49 bits per heavy atom. The molecule has 0 saturated heterocycles. The highest BCUT2D eigenvalue weighted by Crippen LogP contribution is 2.31. The van der Waals surface area contributed by atoms with Crippen LogP contribution in [0.5, 0.6) is 0 Å². The van der Waals surface area contributed by atoms with Gasteiger partial charge in [0.1, 0.15) is 0 Å². The Balaban J connectivity index is 2.10. The van der Waals surface area contributed by atoms with Gasteiger partial charge in [0.15, 0.2) is 0 Å². The Morgan fingerprint density at radius 2 is 1.89 bits per heavy atom. The number of hydrogen-bond donors (Lipinski definition) is 2. The topological polar surface area (TPSA) is 87.7 Å². The van der Waals surface area contributed by atoms with Crippen molar-refractivity contribution >= 4 is 17.8 Å². The maximum atomic E-state index is 12.9. The first-order valence-electron chi connectivity index (χ1n) is 12.7. The minimum Gasteiger partial charge on any atom is -0.463 e. The fraction of sp³-hybridized carbons (Fsp3) is 0.593. The SMILES string of the molecule is CCOC(=O)/C(=C/[C@@H]1C[C@H](N(C)C(C)C)CC[C@@H]1NC(=O)CNC(=O)c1cccc(C(F)(F)F)c1)CC. The van der Waals surface area contributed by atoms with Crippen LogP contribution in [0.4, 0.5) is 13.2 Å². The van der Waals surface area contributed by atoms with E-state index in [4.69, 9.17) is 4.74 Å². The van der Waals surface area contributed by atoms with Crippen LogP contribution in [0.3, 0.4) is 0 Å². The molecule has 1 fully saturated rings. The Kier molecular flexibility index (Phi) is 11.2. The van der Waals surface area contributed by atoms with Gasteiger partial charge in [-0.3, -0.25) is 9.59 Å². The Bertz CT molecular complexity index is 978. The summed E-state index contributed by atoms with van der Waals surface area (Å²) in [6.45, 7) is 7.74. The summed E-state index contributed by atoms with van der Waals surface area (Å²) in [5, 5.41) is 5.35. The summed E-state index contributed by atoms with van der Waals surface area (Å²) < 4.78 is 44.0. The van der Waals surface area contributed by atoms with Crippen LogP contribution in [-0.2, 0) is 20.5 Å². The lowest BCUT2D eigenvalue weighted by molar-refractivity contribution is -0.139. The van der Waals surface area contributed by atoms with E-state index < -0.39 is 23.6 Å². The van der Waals surface area contributed by atoms with Gasteiger partial charge in [-0.2, -0.15) is 13.2 Å². The smallest absolute Gasteiger partial charge is 0.416 e. The van der Waals surface area contributed by atoms with Gasteiger partial charge in [-0.25, -0.2) is 4.79 Å². The maximum absolute atomic E-state index is 12.9. The molecule has 1 aromatic carbocycles. The molecule has 206 valence electrons. The van der Waals surface area contributed by atoms with Gasteiger partial charge in [-0.1, -0.05) is 19.1 Å². The molecule has 37 heavy (non-hydrogen) atoms. The van der Waals surface area contributed by atoms with Crippen LogP contribution < -0.4 is 10.6 Å². The summed E-state index contributed by atoms with van der Waals surface area (Å²) in [4.78, 5) is 39.7. The predicted molar refractivity (Wildman–Crippen MR) is 135 cm³/mol. The van der Waals surface area contributed by atoms with E-state index >= 15 is 0 Å². The quantitative estimate of drug-likeness (QED) is 0.351. The summed E-state index contributed by atoms with van der Waals surface area (Å²) in [6.07, 6.45) is 0.0777. The van der Waals surface area contributed by atoms with Gasteiger partial charge < -0.3 is 20.3 Å². The third-order valence-corrected chi connectivity index (χ3v) is 6.80. The number of alkyl halides is 3. The van der Waals surface area contributed by atoms with Gasteiger partial charge in [-0.05, 0) is 77.6 Å². The van der Waals surface area contributed by atoms with E-state index in [1.165, 1.54) is 6.07 Å². The number of amides is 2. The first-order valence-corrected chi connectivity index (χ1v) is 12.7. The molecule has 0 unspecified atom stereocenters. The molecule has 0 aliphatic heterocycles. The van der Waals surface area contributed by atoms with Crippen molar-refractivity contribution in [3.05, 3.63) is 47.0 Å². The molecule has 7 nitrogen and oxygen atoms in total. The van der Waals surface area contributed by atoms with E-state index in [9.17, 15) is 27.6 Å². The van der Waals surface area contributed by atoms with Gasteiger partial charge >= 0.3 is 12.1 Å². The van der Waals surface area contributed by atoms with Gasteiger partial charge in [0.05, 0.1) is 18.7 Å². The molecule has 0 aromatic heterocycles. The van der Waals surface area contributed by atoms with E-state index in [0.717, 1.165) is 31.0 Å². The highest BCUT2D eigenvalue weighted by Gasteiger charge is 2.34. The second-order valence-corrected chi connectivity index (χ2v) is 9.59. The first kappa shape index (κ1) is 30.3. The molecule has 10 heteroatoms. The van der Waals surface area contributed by atoms with Gasteiger partial charge in [0.25, 0.3) is 5.91 Å². The van der Waals surface area contributed by atoms with Crippen LogP contribution in [-0.4, -0.2) is 61.0 Å². The fourth-order valence-electron chi connectivity index (χ4n) is 4.51. The van der Waals surface area contributed by atoms with E-state index in [1.54, 1.807) is 6.92 Å². The maximum Gasteiger partial charge on any atom is 0.416 e. The number of carbonyl (C=O) groups excluding carboxylic acids is 3. The molecule has 3 atom stereocenters. The van der Waals surface area contributed by atoms with Crippen LogP contribution in [0.2, 0.25) is 0 Å². The lowest BCUT2D eigenvalue weighted by atomic mass is 9.79. The minimum atomic E-state index is -4.57. The Labute approximate surface area is 216 Å². The van der Waals surface area contributed by atoms with Crippen molar-refractivity contribution in [1.29, 1.82) is 0 Å². The van der Waals surface area contributed by atoms with Crippen molar-refractivity contribution in [3.63, 3.8) is 0 Å². The molecule has 1 aromatic rings. The number of benzene rings is 1. The highest BCUT2D eigenvalue weighted by molar-refractivity contribution is 5.96. The van der Waals surface area contributed by atoms with Crippen molar-refractivity contribution in [1.82, 2.24) is 15.5 Å². The van der Waals surface area contributed by atoms with Gasteiger partial charge in [0, 0.05) is 29.3 Å². The fourth-order valence-corrected chi connectivity index (χ4v) is 4.51. The summed E-state index contributed by atoms with van der Waals surface area (Å²) in [6, 6.07) is 4.39. The molecule has 0 spiro atoms. The van der Waals surface area contributed by atoms with Gasteiger partial charge in [-0.15, -0.1) is 0 Å². The molecule has 0 radical (unpaired) electrons. The monoisotopic (exact) mass is 525 g/mol. The van der Waals surface area contributed by atoms with Crippen molar-refractivity contribution in [3.8, 4) is 0 Å². The van der Waals surface area contributed by atoms with E-state index in [0.29, 0.717) is 24.5 Å². The molecule has 2 rings (SSSR count). The predicted octanol–water partition coefficient (Wildman–Crippen LogP) is 4.33. The second kappa shape index (κ2) is 13.6. The van der Waals surface area contributed by atoms with E-state index in [2.05, 4.69) is 36.4 Å². The number of carbonyl (C=O) groups is 3. The average molecular weight is 526 g/mol. The van der Waals surface area contributed by atoms with Crippen molar-refractivity contribution in [2.24, 2.45) is 5.92 Å². The minimum absolute atomic E-state index is 0.123. The Morgan fingerprint density at radius 1 is 1.19 bits per heavy atom. The number of esters is 1. The number of ether oxygens (including phenoxy) is 1. The number of nitrogens with one attached hydrogen (secondary N) is 2. The summed E-state index contributed by atoms with van der Waals surface area (Å²) in [5.41, 5.74) is -0.560. The van der Waals surface area contributed by atoms with Crippen LogP contribution in [0, 0.1) is 5.92 Å². The molecule has 1 aliphatic rings. The largest absolute Gasteiger partial charge is 0.463 e. The van der Waals surface area contributed by atoms with Crippen LogP contribution in [0.25, 0.3) is 0 Å². The summed E-state index contributed by atoms with van der Waals surface area (Å²) >= 11 is 0. The number of halogens is 3. The molecular formula is C27H38F3N3O4. The zero-order valence-electron chi connectivity index (χ0n) is 22.2.